The number of carbonyl (C=O) groups is 1. The lowest BCUT2D eigenvalue weighted by molar-refractivity contribution is -0.140. The van der Waals surface area contributed by atoms with Crippen molar-refractivity contribution in [3.8, 4) is 5.75 Å². The maximum absolute atomic E-state index is 11.9. The highest BCUT2D eigenvalue weighted by atomic mass is 32.2. The van der Waals surface area contributed by atoms with Gasteiger partial charge in [-0.2, -0.15) is 0 Å². The van der Waals surface area contributed by atoms with E-state index in [1.165, 1.54) is 26.4 Å². The summed E-state index contributed by atoms with van der Waals surface area (Å²) in [6.07, 6.45) is 0.232. The number of rotatable bonds is 7. The maximum Gasteiger partial charge on any atom is 0.305 e. The molecule has 112 valence electrons. The SMILES string of the molecule is COC(=O)CCCS(=O)(=O)Nc1ccc(N)cc1OC. The third-order valence-electron chi connectivity index (χ3n) is 2.51. The zero-order valence-electron chi connectivity index (χ0n) is 11.4. The maximum atomic E-state index is 11.9. The van der Waals surface area contributed by atoms with Gasteiger partial charge in [0.05, 0.1) is 25.7 Å². The van der Waals surface area contributed by atoms with Crippen LogP contribution in [-0.2, 0) is 19.6 Å². The number of anilines is 2. The van der Waals surface area contributed by atoms with E-state index in [0.29, 0.717) is 17.1 Å². The number of nitrogen functional groups attached to an aromatic ring is 1. The Kier molecular flexibility index (Phi) is 5.63. The smallest absolute Gasteiger partial charge is 0.305 e. The molecule has 0 aliphatic rings. The Hall–Kier alpha value is -1.96. The Balaban J connectivity index is 2.69. The van der Waals surface area contributed by atoms with E-state index in [1.54, 1.807) is 6.07 Å². The molecule has 0 atom stereocenters. The predicted octanol–water partition coefficient (Wildman–Crippen LogP) is 0.972. The Morgan fingerprint density at radius 2 is 2.05 bits per heavy atom. The van der Waals surface area contributed by atoms with E-state index in [2.05, 4.69) is 9.46 Å². The summed E-state index contributed by atoms with van der Waals surface area (Å²) in [4.78, 5) is 10.9. The molecule has 0 heterocycles. The predicted molar refractivity (Wildman–Crippen MR) is 76.1 cm³/mol. The summed E-state index contributed by atoms with van der Waals surface area (Å²) >= 11 is 0. The first kappa shape index (κ1) is 16.1. The molecule has 0 bridgehead atoms. The van der Waals surface area contributed by atoms with Crippen LogP contribution in [0.4, 0.5) is 11.4 Å². The molecule has 1 rings (SSSR count). The molecule has 7 nitrogen and oxygen atoms in total. The van der Waals surface area contributed by atoms with Crippen LogP contribution in [0.2, 0.25) is 0 Å². The van der Waals surface area contributed by atoms with Crippen LogP contribution in [0.15, 0.2) is 18.2 Å². The van der Waals surface area contributed by atoms with Gasteiger partial charge in [0.1, 0.15) is 5.75 Å². The zero-order valence-corrected chi connectivity index (χ0v) is 12.2. The van der Waals surface area contributed by atoms with Gasteiger partial charge in [-0.3, -0.25) is 9.52 Å². The van der Waals surface area contributed by atoms with E-state index in [1.807, 2.05) is 0 Å². The van der Waals surface area contributed by atoms with Crippen molar-refractivity contribution in [2.75, 3.05) is 30.4 Å². The monoisotopic (exact) mass is 302 g/mol. The highest BCUT2D eigenvalue weighted by molar-refractivity contribution is 7.92. The van der Waals surface area contributed by atoms with Crippen LogP contribution < -0.4 is 15.2 Å². The summed E-state index contributed by atoms with van der Waals surface area (Å²) in [5.74, 6) is -0.290. The van der Waals surface area contributed by atoms with Crippen LogP contribution in [0, 0.1) is 0 Å². The number of carbonyl (C=O) groups excluding carboxylic acids is 1. The normalized spacial score (nSPS) is 10.9. The van der Waals surface area contributed by atoms with Gasteiger partial charge in [-0.15, -0.1) is 0 Å². The summed E-state index contributed by atoms with van der Waals surface area (Å²) in [6, 6.07) is 4.60. The topological polar surface area (TPSA) is 108 Å². The molecule has 8 heteroatoms. The summed E-state index contributed by atoms with van der Waals surface area (Å²) in [7, 11) is -0.884. The fourth-order valence-electron chi connectivity index (χ4n) is 1.52. The Morgan fingerprint density at radius 1 is 1.35 bits per heavy atom. The average Bonchev–Trinajstić information content (AvgIpc) is 2.40. The zero-order chi connectivity index (χ0) is 15.2. The highest BCUT2D eigenvalue weighted by Gasteiger charge is 2.14. The number of nitrogens with one attached hydrogen (secondary N) is 1. The van der Waals surface area contributed by atoms with Gasteiger partial charge in [0.25, 0.3) is 0 Å². The van der Waals surface area contributed by atoms with Crippen molar-refractivity contribution in [3.63, 3.8) is 0 Å². The molecule has 1 aromatic carbocycles. The van der Waals surface area contributed by atoms with Gasteiger partial charge in [0, 0.05) is 18.2 Å². The fraction of sp³-hybridized carbons (Fsp3) is 0.417. The van der Waals surface area contributed by atoms with Gasteiger partial charge in [-0.25, -0.2) is 8.42 Å². The summed E-state index contributed by atoms with van der Waals surface area (Å²) in [5.41, 5.74) is 6.36. The fourth-order valence-corrected chi connectivity index (χ4v) is 2.65. The number of ether oxygens (including phenoxy) is 2. The molecule has 0 spiro atoms. The molecule has 0 radical (unpaired) electrons. The van der Waals surface area contributed by atoms with Crippen molar-refractivity contribution >= 4 is 27.4 Å². The van der Waals surface area contributed by atoms with Crippen molar-refractivity contribution in [2.45, 2.75) is 12.8 Å². The van der Waals surface area contributed by atoms with E-state index in [0.717, 1.165) is 0 Å². The number of methoxy groups -OCH3 is 2. The van der Waals surface area contributed by atoms with E-state index >= 15 is 0 Å². The second kappa shape index (κ2) is 6.99. The average molecular weight is 302 g/mol. The van der Waals surface area contributed by atoms with Crippen LogP contribution in [0.1, 0.15) is 12.8 Å². The van der Waals surface area contributed by atoms with Crippen LogP contribution in [0.25, 0.3) is 0 Å². The third-order valence-corrected chi connectivity index (χ3v) is 3.87. The minimum atomic E-state index is -3.56. The largest absolute Gasteiger partial charge is 0.494 e. The summed E-state index contributed by atoms with van der Waals surface area (Å²) in [5, 5.41) is 0. The van der Waals surface area contributed by atoms with Crippen molar-refractivity contribution in [2.24, 2.45) is 0 Å². The van der Waals surface area contributed by atoms with Gasteiger partial charge in [0.2, 0.25) is 10.0 Å². The Bertz CT molecular complexity index is 571. The van der Waals surface area contributed by atoms with Crippen molar-refractivity contribution < 1.29 is 22.7 Å². The van der Waals surface area contributed by atoms with Gasteiger partial charge in [-0.1, -0.05) is 0 Å². The summed E-state index contributed by atoms with van der Waals surface area (Å²) < 4.78 is 35.6. The number of nitrogens with two attached hydrogens (primary N) is 1. The number of hydrogen-bond donors (Lipinski definition) is 2. The molecule has 0 aromatic heterocycles. The van der Waals surface area contributed by atoms with Crippen LogP contribution in [0.5, 0.6) is 5.75 Å². The van der Waals surface area contributed by atoms with Gasteiger partial charge in [0.15, 0.2) is 0 Å². The van der Waals surface area contributed by atoms with E-state index in [9.17, 15) is 13.2 Å². The van der Waals surface area contributed by atoms with Crippen LogP contribution >= 0.6 is 0 Å². The van der Waals surface area contributed by atoms with E-state index in [4.69, 9.17) is 10.5 Å². The van der Waals surface area contributed by atoms with Gasteiger partial charge < -0.3 is 15.2 Å². The third kappa shape index (κ3) is 4.96. The molecule has 0 aliphatic carbocycles. The quantitative estimate of drug-likeness (QED) is 0.574. The van der Waals surface area contributed by atoms with Gasteiger partial charge >= 0.3 is 5.97 Å². The lowest BCUT2D eigenvalue weighted by atomic mass is 10.2. The summed E-state index contributed by atoms with van der Waals surface area (Å²) in [6.45, 7) is 0. The molecule has 0 saturated heterocycles. The minimum absolute atomic E-state index is 0.0519. The lowest BCUT2D eigenvalue weighted by Gasteiger charge is -2.12. The van der Waals surface area contributed by atoms with Crippen molar-refractivity contribution in [1.82, 2.24) is 0 Å². The number of benzene rings is 1. The minimum Gasteiger partial charge on any atom is -0.494 e. The Labute approximate surface area is 118 Å². The molecule has 0 unspecified atom stereocenters. The number of esters is 1. The molecular formula is C12H18N2O5S. The molecule has 3 N–H and O–H groups in total. The molecule has 0 aliphatic heterocycles. The molecule has 0 fully saturated rings. The molecule has 1 aromatic rings. The number of hydrogen-bond acceptors (Lipinski definition) is 6. The second-order valence-electron chi connectivity index (χ2n) is 4.06. The van der Waals surface area contributed by atoms with Gasteiger partial charge in [-0.05, 0) is 18.6 Å². The number of sulfonamides is 1. The van der Waals surface area contributed by atoms with E-state index < -0.39 is 16.0 Å². The van der Waals surface area contributed by atoms with Crippen LogP contribution in [0.3, 0.4) is 0 Å². The lowest BCUT2D eigenvalue weighted by Crippen LogP contribution is -2.18. The standard InChI is InChI=1S/C12H18N2O5S/c1-18-11-8-9(13)5-6-10(11)14-20(16,17)7-3-4-12(15)19-2/h5-6,8,14H,3-4,7,13H2,1-2H3. The molecule has 20 heavy (non-hydrogen) atoms. The van der Waals surface area contributed by atoms with E-state index in [-0.39, 0.29) is 18.6 Å². The Morgan fingerprint density at radius 3 is 2.65 bits per heavy atom. The van der Waals surface area contributed by atoms with Crippen molar-refractivity contribution in [1.29, 1.82) is 0 Å². The first-order valence-corrected chi connectivity index (χ1v) is 7.54. The molecular weight excluding hydrogens is 284 g/mol. The first-order valence-electron chi connectivity index (χ1n) is 5.89. The second-order valence-corrected chi connectivity index (χ2v) is 5.90. The first-order chi connectivity index (χ1) is 9.38. The van der Waals surface area contributed by atoms with Crippen molar-refractivity contribution in [3.05, 3.63) is 18.2 Å². The molecule has 0 saturated carbocycles. The highest BCUT2D eigenvalue weighted by Crippen LogP contribution is 2.27. The van der Waals surface area contributed by atoms with Crippen LogP contribution in [-0.4, -0.2) is 34.4 Å². The molecule has 0 amide bonds.